The molecule has 0 aliphatic carbocycles. The van der Waals surface area contributed by atoms with Gasteiger partial charge in [0.25, 0.3) is 0 Å². The molecule has 1 saturated heterocycles. The number of likely N-dealkylation sites (tertiary alicyclic amines) is 1. The summed E-state index contributed by atoms with van der Waals surface area (Å²) in [6, 6.07) is 0. The second kappa shape index (κ2) is 4.94. The molecule has 1 atom stereocenters. The van der Waals surface area contributed by atoms with E-state index < -0.39 is 0 Å². The zero-order valence-electron chi connectivity index (χ0n) is 10.0. The van der Waals surface area contributed by atoms with Gasteiger partial charge in [-0.25, -0.2) is 0 Å². The molecule has 0 aromatic heterocycles. The number of nitrogens with one attached hydrogen (secondary N) is 1. The highest BCUT2D eigenvalue weighted by Gasteiger charge is 2.24. The lowest BCUT2D eigenvalue weighted by Gasteiger charge is -2.25. The van der Waals surface area contributed by atoms with Gasteiger partial charge in [-0.1, -0.05) is 0 Å². The van der Waals surface area contributed by atoms with Gasteiger partial charge in [0.05, 0.1) is 0 Å². The van der Waals surface area contributed by atoms with E-state index in [-0.39, 0.29) is 11.4 Å². The summed E-state index contributed by atoms with van der Waals surface area (Å²) in [6.07, 6.45) is 1.76. The smallest absolute Gasteiger partial charge is 0.220 e. The van der Waals surface area contributed by atoms with Crippen molar-refractivity contribution in [3.63, 3.8) is 0 Å². The van der Waals surface area contributed by atoms with E-state index in [0.29, 0.717) is 18.9 Å². The fourth-order valence-electron chi connectivity index (χ4n) is 1.93. The van der Waals surface area contributed by atoms with Crippen LogP contribution in [0.15, 0.2) is 0 Å². The molecule has 3 N–H and O–H groups in total. The molecular weight excluding hydrogens is 190 g/mol. The Bertz CT molecular complexity index is 228. The fourth-order valence-corrected chi connectivity index (χ4v) is 1.93. The molecule has 1 amide bonds. The third-order valence-electron chi connectivity index (χ3n) is 2.95. The lowest BCUT2D eigenvalue weighted by Crippen LogP contribution is -2.49. The summed E-state index contributed by atoms with van der Waals surface area (Å²) < 4.78 is 0. The number of carbonyl (C=O) groups excluding carboxylic acids is 1. The molecule has 1 fully saturated rings. The van der Waals surface area contributed by atoms with Crippen molar-refractivity contribution in [2.24, 2.45) is 11.7 Å². The Kier molecular flexibility index (Phi) is 4.11. The molecule has 15 heavy (non-hydrogen) atoms. The second-order valence-electron chi connectivity index (χ2n) is 5.26. The van der Waals surface area contributed by atoms with Gasteiger partial charge in [0.1, 0.15) is 0 Å². The molecule has 1 rings (SSSR count). The highest BCUT2D eigenvalue weighted by molar-refractivity contribution is 5.77. The predicted molar refractivity (Wildman–Crippen MR) is 61.5 cm³/mol. The number of rotatable bonds is 4. The molecule has 0 bridgehead atoms. The van der Waals surface area contributed by atoms with Crippen LogP contribution in [-0.2, 0) is 4.79 Å². The Labute approximate surface area is 92.2 Å². The van der Waals surface area contributed by atoms with Gasteiger partial charge in [-0.2, -0.15) is 0 Å². The van der Waals surface area contributed by atoms with Crippen molar-refractivity contribution in [1.82, 2.24) is 10.2 Å². The van der Waals surface area contributed by atoms with E-state index in [9.17, 15) is 4.79 Å². The largest absolute Gasteiger partial charge is 0.350 e. The van der Waals surface area contributed by atoms with Crippen LogP contribution >= 0.6 is 0 Å². The molecule has 1 heterocycles. The number of nitrogens with zero attached hydrogens (tertiary/aromatic N) is 1. The van der Waals surface area contributed by atoms with Crippen LogP contribution < -0.4 is 11.1 Å². The van der Waals surface area contributed by atoms with E-state index in [0.717, 1.165) is 19.5 Å². The van der Waals surface area contributed by atoms with Crippen molar-refractivity contribution in [2.45, 2.75) is 32.2 Å². The average molecular weight is 213 g/mol. The first-order valence-corrected chi connectivity index (χ1v) is 5.62. The van der Waals surface area contributed by atoms with Crippen molar-refractivity contribution >= 4 is 5.91 Å². The van der Waals surface area contributed by atoms with Crippen LogP contribution in [0.4, 0.5) is 0 Å². The molecule has 1 aliphatic rings. The average Bonchev–Trinajstić information content (AvgIpc) is 2.50. The van der Waals surface area contributed by atoms with Gasteiger partial charge in [0.15, 0.2) is 0 Å². The van der Waals surface area contributed by atoms with Gasteiger partial charge in [-0.3, -0.25) is 4.79 Å². The van der Waals surface area contributed by atoms with E-state index in [1.807, 2.05) is 13.8 Å². The number of carbonyl (C=O) groups is 1. The SMILES string of the molecule is CN1CCC(CC(=O)NC(C)(C)CN)C1. The van der Waals surface area contributed by atoms with Crippen LogP contribution in [-0.4, -0.2) is 43.0 Å². The maximum Gasteiger partial charge on any atom is 0.220 e. The molecule has 88 valence electrons. The van der Waals surface area contributed by atoms with Gasteiger partial charge in [0, 0.05) is 25.0 Å². The number of hydrogen-bond donors (Lipinski definition) is 2. The first-order chi connectivity index (χ1) is 6.93. The molecule has 1 unspecified atom stereocenters. The van der Waals surface area contributed by atoms with Crippen LogP contribution in [0.5, 0.6) is 0 Å². The number of amides is 1. The van der Waals surface area contributed by atoms with E-state index in [1.165, 1.54) is 0 Å². The molecule has 0 radical (unpaired) electrons. The lowest BCUT2D eigenvalue weighted by molar-refractivity contribution is -0.123. The van der Waals surface area contributed by atoms with E-state index >= 15 is 0 Å². The first-order valence-electron chi connectivity index (χ1n) is 5.62. The van der Waals surface area contributed by atoms with E-state index in [1.54, 1.807) is 0 Å². The number of hydrogen-bond acceptors (Lipinski definition) is 3. The summed E-state index contributed by atoms with van der Waals surface area (Å²) in [7, 11) is 2.10. The summed E-state index contributed by atoms with van der Waals surface area (Å²) in [5.41, 5.74) is 5.29. The second-order valence-corrected chi connectivity index (χ2v) is 5.26. The summed E-state index contributed by atoms with van der Waals surface area (Å²) in [5.74, 6) is 0.648. The Morgan fingerprint density at radius 3 is 2.73 bits per heavy atom. The van der Waals surface area contributed by atoms with Gasteiger partial charge < -0.3 is 16.0 Å². The van der Waals surface area contributed by atoms with Crippen molar-refractivity contribution in [3.05, 3.63) is 0 Å². The zero-order chi connectivity index (χ0) is 11.5. The molecular formula is C11H23N3O. The van der Waals surface area contributed by atoms with Crippen LogP contribution in [0, 0.1) is 5.92 Å². The van der Waals surface area contributed by atoms with E-state index in [4.69, 9.17) is 5.73 Å². The predicted octanol–water partition coefficient (Wildman–Crippen LogP) is 0.182. The minimum Gasteiger partial charge on any atom is -0.350 e. The van der Waals surface area contributed by atoms with Crippen LogP contribution in [0.25, 0.3) is 0 Å². The quantitative estimate of drug-likeness (QED) is 0.700. The Hall–Kier alpha value is -0.610. The van der Waals surface area contributed by atoms with Gasteiger partial charge in [0.2, 0.25) is 5.91 Å². The van der Waals surface area contributed by atoms with E-state index in [2.05, 4.69) is 17.3 Å². The van der Waals surface area contributed by atoms with Gasteiger partial charge in [-0.05, 0) is 39.8 Å². The summed E-state index contributed by atoms with van der Waals surface area (Å²) in [6.45, 7) is 6.52. The highest BCUT2D eigenvalue weighted by atomic mass is 16.1. The third-order valence-corrected chi connectivity index (χ3v) is 2.95. The number of nitrogens with two attached hydrogens (primary N) is 1. The molecule has 1 aliphatic heterocycles. The maximum absolute atomic E-state index is 11.7. The first kappa shape index (κ1) is 12.5. The van der Waals surface area contributed by atoms with Gasteiger partial charge in [-0.15, -0.1) is 0 Å². The summed E-state index contributed by atoms with van der Waals surface area (Å²) in [4.78, 5) is 14.0. The topological polar surface area (TPSA) is 58.4 Å². The Morgan fingerprint density at radius 1 is 1.60 bits per heavy atom. The molecule has 4 nitrogen and oxygen atoms in total. The lowest BCUT2D eigenvalue weighted by atomic mass is 10.0. The van der Waals surface area contributed by atoms with Crippen molar-refractivity contribution < 1.29 is 4.79 Å². The van der Waals surface area contributed by atoms with Crippen LogP contribution in [0.1, 0.15) is 26.7 Å². The monoisotopic (exact) mass is 213 g/mol. The molecule has 0 spiro atoms. The third kappa shape index (κ3) is 4.18. The summed E-state index contributed by atoms with van der Waals surface area (Å²) >= 11 is 0. The Balaban J connectivity index is 2.30. The zero-order valence-corrected chi connectivity index (χ0v) is 10.0. The van der Waals surface area contributed by atoms with Crippen LogP contribution in [0.3, 0.4) is 0 Å². The minimum absolute atomic E-state index is 0.130. The normalized spacial score (nSPS) is 23.1. The van der Waals surface area contributed by atoms with Gasteiger partial charge >= 0.3 is 0 Å². The Morgan fingerprint density at radius 2 is 2.27 bits per heavy atom. The molecule has 0 aromatic carbocycles. The standard InChI is InChI=1S/C11H23N3O/c1-11(2,8-12)13-10(15)6-9-4-5-14(3)7-9/h9H,4-8,12H2,1-3H3,(H,13,15). The minimum atomic E-state index is -0.276. The summed E-state index contributed by atoms with van der Waals surface area (Å²) in [5, 5.41) is 2.97. The molecule has 0 saturated carbocycles. The maximum atomic E-state index is 11.7. The highest BCUT2D eigenvalue weighted by Crippen LogP contribution is 2.18. The van der Waals surface area contributed by atoms with Crippen molar-refractivity contribution in [3.8, 4) is 0 Å². The van der Waals surface area contributed by atoms with Crippen LogP contribution in [0.2, 0.25) is 0 Å². The fraction of sp³-hybridized carbons (Fsp3) is 0.909. The molecule has 4 heteroatoms. The van der Waals surface area contributed by atoms with Crippen molar-refractivity contribution in [2.75, 3.05) is 26.7 Å². The van der Waals surface area contributed by atoms with Crippen molar-refractivity contribution in [1.29, 1.82) is 0 Å². The molecule has 0 aromatic rings.